The second-order valence-corrected chi connectivity index (χ2v) is 4.05. The lowest BCUT2D eigenvalue weighted by Crippen LogP contribution is -2.35. The van der Waals surface area contributed by atoms with Crippen LogP contribution < -0.4 is 5.32 Å². The Kier molecular flexibility index (Phi) is 3.44. The number of nitrogens with one attached hydrogen (secondary N) is 2. The maximum absolute atomic E-state index is 11.6. The van der Waals surface area contributed by atoms with Crippen LogP contribution >= 0.6 is 0 Å². The Morgan fingerprint density at radius 2 is 2.29 bits per heavy atom. The number of H-pyrrole nitrogens is 1. The Labute approximate surface area is 99.7 Å². The van der Waals surface area contributed by atoms with E-state index in [-0.39, 0.29) is 18.6 Å². The summed E-state index contributed by atoms with van der Waals surface area (Å²) in [6.07, 6.45) is 1.49. The summed E-state index contributed by atoms with van der Waals surface area (Å²) in [5.41, 5.74) is 1.76. The average molecular weight is 231 g/mol. The summed E-state index contributed by atoms with van der Waals surface area (Å²) < 4.78 is 0. The van der Waals surface area contributed by atoms with Gasteiger partial charge in [0, 0.05) is 17.3 Å². The van der Waals surface area contributed by atoms with Crippen molar-refractivity contribution in [2.24, 2.45) is 0 Å². The third-order valence-electron chi connectivity index (χ3n) is 2.50. The minimum Gasteiger partial charge on any atom is -0.394 e. The molecule has 0 saturated heterocycles. The van der Waals surface area contributed by atoms with E-state index in [9.17, 15) is 4.79 Å². The number of amides is 1. The zero-order valence-corrected chi connectivity index (χ0v) is 9.60. The van der Waals surface area contributed by atoms with E-state index in [0.29, 0.717) is 0 Å². The molecule has 0 fully saturated rings. The Hall–Kier alpha value is -1.81. The number of aliphatic hydroxyl groups is 1. The summed E-state index contributed by atoms with van der Waals surface area (Å²) in [6.45, 7) is 1.68. The van der Waals surface area contributed by atoms with Crippen molar-refractivity contribution in [1.29, 1.82) is 0 Å². The first-order chi connectivity index (χ1) is 8.19. The van der Waals surface area contributed by atoms with E-state index in [0.717, 1.165) is 16.6 Å². The number of hydrogen-bond acceptors (Lipinski definition) is 2. The number of benzene rings is 1. The fourth-order valence-corrected chi connectivity index (χ4v) is 1.64. The lowest BCUT2D eigenvalue weighted by Gasteiger charge is -2.09. The molecule has 4 heteroatoms. The van der Waals surface area contributed by atoms with Crippen molar-refractivity contribution in [3.05, 3.63) is 42.4 Å². The molecule has 0 aliphatic heterocycles. The van der Waals surface area contributed by atoms with E-state index in [1.165, 1.54) is 6.42 Å². The second kappa shape index (κ2) is 5.01. The van der Waals surface area contributed by atoms with Gasteiger partial charge in [-0.15, -0.1) is 0 Å². The van der Waals surface area contributed by atoms with Crippen molar-refractivity contribution in [1.82, 2.24) is 10.3 Å². The monoisotopic (exact) mass is 231 g/mol. The molecule has 1 atom stereocenters. The number of aromatic amines is 1. The lowest BCUT2D eigenvalue weighted by molar-refractivity contribution is -0.118. The first-order valence-electron chi connectivity index (χ1n) is 5.53. The van der Waals surface area contributed by atoms with Crippen LogP contribution in [0.2, 0.25) is 0 Å². The molecule has 0 spiro atoms. The molecule has 1 unspecified atom stereocenters. The second-order valence-electron chi connectivity index (χ2n) is 4.05. The number of hydrogen-bond donors (Lipinski definition) is 3. The van der Waals surface area contributed by atoms with Gasteiger partial charge in [0.05, 0.1) is 13.0 Å². The number of fused-ring (bicyclic) bond motifs is 1. The van der Waals surface area contributed by atoms with E-state index in [1.807, 2.05) is 30.3 Å². The van der Waals surface area contributed by atoms with E-state index in [2.05, 4.69) is 10.3 Å². The van der Waals surface area contributed by atoms with Gasteiger partial charge >= 0.3 is 0 Å². The highest BCUT2D eigenvalue weighted by Crippen LogP contribution is 2.15. The van der Waals surface area contributed by atoms with Crippen LogP contribution in [0.3, 0.4) is 0 Å². The summed E-state index contributed by atoms with van der Waals surface area (Å²) in [5.74, 6) is -0.210. The van der Waals surface area contributed by atoms with E-state index in [4.69, 9.17) is 5.11 Å². The van der Waals surface area contributed by atoms with Crippen LogP contribution in [0.25, 0.3) is 10.9 Å². The van der Waals surface area contributed by atoms with Gasteiger partial charge in [-0.05, 0) is 24.4 Å². The SMILES string of the molecule is CC(CO)NC(=O)[CH]c1cc2ccccc2[nH]1. The molecule has 2 aromatic rings. The Morgan fingerprint density at radius 1 is 1.53 bits per heavy atom. The summed E-state index contributed by atoms with van der Waals surface area (Å²) in [5, 5.41) is 12.6. The summed E-state index contributed by atoms with van der Waals surface area (Å²) in [4.78, 5) is 14.7. The van der Waals surface area contributed by atoms with Crippen LogP contribution in [0.15, 0.2) is 30.3 Å². The zero-order valence-electron chi connectivity index (χ0n) is 9.60. The quantitative estimate of drug-likeness (QED) is 0.740. The molecular weight excluding hydrogens is 216 g/mol. The summed E-state index contributed by atoms with van der Waals surface area (Å²) in [6, 6.07) is 9.52. The van der Waals surface area contributed by atoms with Crippen molar-refractivity contribution < 1.29 is 9.90 Å². The van der Waals surface area contributed by atoms with Gasteiger partial charge in [0.1, 0.15) is 0 Å². The molecule has 4 nitrogen and oxygen atoms in total. The minimum atomic E-state index is -0.233. The summed E-state index contributed by atoms with van der Waals surface area (Å²) >= 11 is 0. The van der Waals surface area contributed by atoms with Crippen LogP contribution in [0.4, 0.5) is 0 Å². The Morgan fingerprint density at radius 3 is 3.00 bits per heavy atom. The molecule has 89 valence electrons. The van der Waals surface area contributed by atoms with E-state index >= 15 is 0 Å². The molecular formula is C13H15N2O2. The molecule has 0 aliphatic carbocycles. The molecule has 2 rings (SSSR count). The normalized spacial score (nSPS) is 12.6. The first kappa shape index (κ1) is 11.7. The van der Waals surface area contributed by atoms with Gasteiger partial charge in [0.15, 0.2) is 0 Å². The predicted octanol–water partition coefficient (Wildman–Crippen LogP) is 1.22. The molecule has 1 aromatic carbocycles. The number of carbonyl (C=O) groups excluding carboxylic acids is 1. The predicted molar refractivity (Wildman–Crippen MR) is 66.4 cm³/mol. The zero-order chi connectivity index (χ0) is 12.3. The first-order valence-corrected chi connectivity index (χ1v) is 5.53. The lowest BCUT2D eigenvalue weighted by atomic mass is 10.2. The number of aromatic nitrogens is 1. The van der Waals surface area contributed by atoms with Crippen LogP contribution in [0.5, 0.6) is 0 Å². The number of carbonyl (C=O) groups is 1. The molecule has 0 bridgehead atoms. The van der Waals surface area contributed by atoms with Crippen LogP contribution in [0.1, 0.15) is 12.6 Å². The minimum absolute atomic E-state index is 0.0632. The maximum atomic E-state index is 11.6. The smallest absolute Gasteiger partial charge is 0.230 e. The highest BCUT2D eigenvalue weighted by Gasteiger charge is 2.09. The van der Waals surface area contributed by atoms with Gasteiger partial charge in [-0.2, -0.15) is 0 Å². The average Bonchev–Trinajstić information content (AvgIpc) is 2.70. The van der Waals surface area contributed by atoms with Crippen molar-refractivity contribution in [2.75, 3.05) is 6.61 Å². The molecule has 0 aliphatic rings. The molecule has 0 saturated carbocycles. The van der Waals surface area contributed by atoms with Crippen LogP contribution in [0, 0.1) is 6.42 Å². The van der Waals surface area contributed by atoms with Crippen molar-refractivity contribution in [2.45, 2.75) is 13.0 Å². The number of aliphatic hydroxyl groups excluding tert-OH is 1. The van der Waals surface area contributed by atoms with E-state index < -0.39 is 0 Å². The fraction of sp³-hybridized carbons (Fsp3) is 0.231. The van der Waals surface area contributed by atoms with Crippen LogP contribution in [-0.4, -0.2) is 28.6 Å². The highest BCUT2D eigenvalue weighted by molar-refractivity contribution is 5.90. The highest BCUT2D eigenvalue weighted by atomic mass is 16.3. The number of rotatable bonds is 4. The van der Waals surface area contributed by atoms with Crippen molar-refractivity contribution >= 4 is 16.8 Å². The van der Waals surface area contributed by atoms with Gasteiger partial charge in [-0.25, -0.2) is 0 Å². The largest absolute Gasteiger partial charge is 0.394 e. The number of para-hydroxylation sites is 1. The third-order valence-corrected chi connectivity index (χ3v) is 2.50. The van der Waals surface area contributed by atoms with Crippen LogP contribution in [-0.2, 0) is 4.79 Å². The van der Waals surface area contributed by atoms with Gasteiger partial charge in [-0.3, -0.25) is 4.79 Å². The molecule has 1 amide bonds. The molecule has 1 radical (unpaired) electrons. The third kappa shape index (κ3) is 2.85. The van der Waals surface area contributed by atoms with Gasteiger partial charge in [0.2, 0.25) is 5.91 Å². The summed E-state index contributed by atoms with van der Waals surface area (Å²) in [7, 11) is 0. The Balaban J connectivity index is 2.05. The molecule has 1 aromatic heterocycles. The molecule has 3 N–H and O–H groups in total. The maximum Gasteiger partial charge on any atom is 0.230 e. The van der Waals surface area contributed by atoms with Gasteiger partial charge in [0.25, 0.3) is 0 Å². The fourth-order valence-electron chi connectivity index (χ4n) is 1.64. The molecule has 1 heterocycles. The topological polar surface area (TPSA) is 65.1 Å². The Bertz CT molecular complexity index is 486. The van der Waals surface area contributed by atoms with E-state index in [1.54, 1.807) is 6.92 Å². The van der Waals surface area contributed by atoms with Crippen molar-refractivity contribution in [3.63, 3.8) is 0 Å². The van der Waals surface area contributed by atoms with Gasteiger partial charge < -0.3 is 15.4 Å². The standard InChI is InChI=1S/C13H15N2O2/c1-9(8-16)14-13(17)7-11-6-10-4-2-3-5-12(10)15-11/h2-7,9,15-16H,8H2,1H3,(H,14,17). The van der Waals surface area contributed by atoms with Crippen molar-refractivity contribution in [3.8, 4) is 0 Å². The van der Waals surface area contributed by atoms with Gasteiger partial charge in [-0.1, -0.05) is 18.2 Å². The molecule has 17 heavy (non-hydrogen) atoms.